The van der Waals surface area contributed by atoms with Gasteiger partial charge in [0.15, 0.2) is 5.16 Å². The molecule has 8 heteroatoms. The number of alkyl halides is 2. The molecule has 0 fully saturated rings. The molecule has 0 atom stereocenters. The lowest BCUT2D eigenvalue weighted by Gasteiger charge is -2.09. The number of nitrogens with zero attached hydrogens (tertiary/aromatic N) is 5. The Bertz CT molecular complexity index is 1280. The van der Waals surface area contributed by atoms with E-state index in [-0.39, 0.29) is 5.75 Å². The van der Waals surface area contributed by atoms with E-state index in [0.29, 0.717) is 11.0 Å². The van der Waals surface area contributed by atoms with Crippen LogP contribution in [0.2, 0.25) is 0 Å². The van der Waals surface area contributed by atoms with Crippen LogP contribution in [0.15, 0.2) is 66.1 Å². The lowest BCUT2D eigenvalue weighted by atomic mass is 10.2. The summed E-state index contributed by atoms with van der Waals surface area (Å²) in [5.74, 6) is 0.590. The third-order valence-electron chi connectivity index (χ3n) is 4.40. The minimum Gasteiger partial charge on any atom is -0.277 e. The normalized spacial score (nSPS) is 12.0. The Kier molecular flexibility index (Phi) is 3.78. The van der Waals surface area contributed by atoms with Gasteiger partial charge < -0.3 is 0 Å². The summed E-state index contributed by atoms with van der Waals surface area (Å²) < 4.78 is 29.0. The van der Waals surface area contributed by atoms with Gasteiger partial charge in [0.05, 0.1) is 22.3 Å². The number of imidazole rings is 2. The highest BCUT2D eigenvalue weighted by molar-refractivity contribution is 7.98. The van der Waals surface area contributed by atoms with E-state index in [9.17, 15) is 8.78 Å². The first kappa shape index (κ1) is 16.2. The molecule has 134 valence electrons. The Morgan fingerprint density at radius 2 is 1.74 bits per heavy atom. The van der Waals surface area contributed by atoms with Gasteiger partial charge in [0.25, 0.3) is 0 Å². The average Bonchev–Trinajstić information content (AvgIpc) is 3.31. The molecule has 3 heterocycles. The number of rotatable bonds is 4. The van der Waals surface area contributed by atoms with Gasteiger partial charge in [-0.2, -0.15) is 8.78 Å². The second kappa shape index (κ2) is 6.31. The van der Waals surface area contributed by atoms with Gasteiger partial charge in [-0.05, 0) is 24.3 Å². The molecule has 5 nitrogen and oxygen atoms in total. The second-order valence-corrected chi connectivity index (χ2v) is 6.93. The van der Waals surface area contributed by atoms with Crippen LogP contribution < -0.4 is 0 Å². The van der Waals surface area contributed by atoms with Crippen molar-refractivity contribution in [1.82, 2.24) is 23.9 Å². The Morgan fingerprint density at radius 3 is 2.59 bits per heavy atom. The van der Waals surface area contributed by atoms with Crippen LogP contribution in [0.4, 0.5) is 8.78 Å². The van der Waals surface area contributed by atoms with Crippen molar-refractivity contribution in [1.29, 1.82) is 0 Å². The van der Waals surface area contributed by atoms with Crippen LogP contribution in [0.3, 0.4) is 0 Å². The number of halogens is 2. The van der Waals surface area contributed by atoms with Crippen molar-refractivity contribution in [3.8, 4) is 0 Å². The van der Waals surface area contributed by atoms with E-state index in [0.717, 1.165) is 32.2 Å². The molecule has 0 unspecified atom stereocenters. The SMILES string of the molecule is FC(F)n1ccnc1CSc1nc2ccccc2c2nc3ccccc3n12. The van der Waals surface area contributed by atoms with Crippen molar-refractivity contribution < 1.29 is 8.78 Å². The highest BCUT2D eigenvalue weighted by Gasteiger charge is 2.16. The van der Waals surface area contributed by atoms with Crippen LogP contribution in [0, 0.1) is 0 Å². The van der Waals surface area contributed by atoms with E-state index in [1.54, 1.807) is 0 Å². The quantitative estimate of drug-likeness (QED) is 0.327. The smallest absolute Gasteiger partial charge is 0.277 e. The number of fused-ring (bicyclic) bond motifs is 5. The molecule has 3 aromatic heterocycles. The highest BCUT2D eigenvalue weighted by Crippen LogP contribution is 2.30. The van der Waals surface area contributed by atoms with Crippen LogP contribution in [0.1, 0.15) is 12.4 Å². The Morgan fingerprint density at radius 1 is 0.963 bits per heavy atom. The molecule has 27 heavy (non-hydrogen) atoms. The first-order chi connectivity index (χ1) is 13.2. The standard InChI is InChI=1S/C19H13F2N5S/c20-18(21)25-10-9-22-16(25)11-27-19-24-13-6-2-1-5-12(13)17-23-14-7-3-4-8-15(14)26(17)19/h1-10,18H,11H2. The molecule has 0 amide bonds. The zero-order valence-electron chi connectivity index (χ0n) is 14.0. The maximum atomic E-state index is 13.1. The fraction of sp³-hybridized carbons (Fsp3) is 0.105. The maximum absolute atomic E-state index is 13.1. The maximum Gasteiger partial charge on any atom is 0.319 e. The molecule has 0 radical (unpaired) electrons. The number of benzene rings is 2. The lowest BCUT2D eigenvalue weighted by molar-refractivity contribution is 0.0678. The number of hydrogen-bond donors (Lipinski definition) is 0. The molecule has 0 aliphatic heterocycles. The molecular formula is C19H13F2N5S. The minimum atomic E-state index is -2.61. The first-order valence-electron chi connectivity index (χ1n) is 8.31. The van der Waals surface area contributed by atoms with Gasteiger partial charge in [0.1, 0.15) is 11.5 Å². The summed E-state index contributed by atoms with van der Waals surface area (Å²) in [4.78, 5) is 13.6. The van der Waals surface area contributed by atoms with Crippen molar-refractivity contribution in [2.45, 2.75) is 17.5 Å². The molecule has 0 N–H and O–H groups in total. The molecule has 0 saturated heterocycles. The molecule has 5 aromatic rings. The van der Waals surface area contributed by atoms with E-state index in [2.05, 4.69) is 4.98 Å². The molecule has 0 spiro atoms. The molecule has 0 saturated carbocycles. The summed E-state index contributed by atoms with van der Waals surface area (Å²) in [7, 11) is 0. The van der Waals surface area contributed by atoms with Gasteiger partial charge in [0, 0.05) is 17.8 Å². The fourth-order valence-electron chi connectivity index (χ4n) is 3.17. The predicted octanol–water partition coefficient (Wildman–Crippen LogP) is 4.92. The van der Waals surface area contributed by atoms with Crippen molar-refractivity contribution in [2.24, 2.45) is 0 Å². The largest absolute Gasteiger partial charge is 0.319 e. The summed E-state index contributed by atoms with van der Waals surface area (Å²) in [6, 6.07) is 15.6. The molecule has 2 aromatic carbocycles. The molecular weight excluding hydrogens is 368 g/mol. The van der Waals surface area contributed by atoms with Crippen LogP contribution >= 0.6 is 11.8 Å². The molecule has 0 aliphatic rings. The zero-order chi connectivity index (χ0) is 18.4. The van der Waals surface area contributed by atoms with Crippen molar-refractivity contribution in [3.05, 3.63) is 66.7 Å². The predicted molar refractivity (Wildman–Crippen MR) is 101 cm³/mol. The van der Waals surface area contributed by atoms with Crippen LogP contribution in [-0.2, 0) is 5.75 Å². The number of para-hydroxylation sites is 3. The van der Waals surface area contributed by atoms with Gasteiger partial charge in [-0.25, -0.2) is 15.0 Å². The fourth-order valence-corrected chi connectivity index (χ4v) is 4.13. The van der Waals surface area contributed by atoms with E-state index in [4.69, 9.17) is 9.97 Å². The number of hydrogen-bond acceptors (Lipinski definition) is 4. The van der Waals surface area contributed by atoms with Crippen LogP contribution in [0.5, 0.6) is 0 Å². The second-order valence-electron chi connectivity index (χ2n) is 5.99. The van der Waals surface area contributed by atoms with E-state index in [1.807, 2.05) is 52.9 Å². The summed E-state index contributed by atoms with van der Waals surface area (Å²) in [5.41, 5.74) is 3.43. The van der Waals surface area contributed by atoms with Gasteiger partial charge >= 0.3 is 6.55 Å². The Hall–Kier alpha value is -3.00. The van der Waals surface area contributed by atoms with Gasteiger partial charge in [-0.15, -0.1) is 0 Å². The number of thioether (sulfide) groups is 1. The summed E-state index contributed by atoms with van der Waals surface area (Å²) in [5, 5.41) is 1.65. The summed E-state index contributed by atoms with van der Waals surface area (Å²) in [6.45, 7) is -2.61. The Labute approximate surface area is 156 Å². The van der Waals surface area contributed by atoms with E-state index < -0.39 is 6.55 Å². The molecule has 0 aliphatic carbocycles. The third kappa shape index (κ3) is 2.64. The Balaban J connectivity index is 1.69. The van der Waals surface area contributed by atoms with Crippen molar-refractivity contribution in [2.75, 3.05) is 0 Å². The van der Waals surface area contributed by atoms with Gasteiger partial charge in [-0.1, -0.05) is 36.0 Å². The molecule has 0 bridgehead atoms. The third-order valence-corrected chi connectivity index (χ3v) is 5.34. The zero-order valence-corrected chi connectivity index (χ0v) is 14.8. The first-order valence-corrected chi connectivity index (χ1v) is 9.29. The lowest BCUT2D eigenvalue weighted by Crippen LogP contribution is -2.03. The van der Waals surface area contributed by atoms with Crippen molar-refractivity contribution >= 4 is 39.3 Å². The minimum absolute atomic E-state index is 0.282. The van der Waals surface area contributed by atoms with Crippen LogP contribution in [-0.4, -0.2) is 23.9 Å². The van der Waals surface area contributed by atoms with Gasteiger partial charge in [-0.3, -0.25) is 8.97 Å². The van der Waals surface area contributed by atoms with Gasteiger partial charge in [0.2, 0.25) is 0 Å². The summed E-state index contributed by atoms with van der Waals surface area (Å²) in [6.07, 6.45) is 2.68. The van der Waals surface area contributed by atoms with E-state index >= 15 is 0 Å². The molecule has 5 rings (SSSR count). The summed E-state index contributed by atoms with van der Waals surface area (Å²) >= 11 is 1.37. The highest BCUT2D eigenvalue weighted by atomic mass is 32.2. The van der Waals surface area contributed by atoms with Crippen LogP contribution in [0.25, 0.3) is 27.6 Å². The van der Waals surface area contributed by atoms with Crippen molar-refractivity contribution in [3.63, 3.8) is 0 Å². The topological polar surface area (TPSA) is 48.0 Å². The van der Waals surface area contributed by atoms with E-state index in [1.165, 1.54) is 24.2 Å². The number of aromatic nitrogens is 5. The average molecular weight is 381 g/mol. The monoisotopic (exact) mass is 381 g/mol.